The molecule has 0 saturated carbocycles. The highest BCUT2D eigenvalue weighted by Gasteiger charge is 2.56. The molecule has 1 saturated heterocycles. The van der Waals surface area contributed by atoms with Gasteiger partial charge in [0.2, 0.25) is 5.91 Å². The average Bonchev–Trinajstić information content (AvgIpc) is 2.87. The quantitative estimate of drug-likeness (QED) is 0.372. The van der Waals surface area contributed by atoms with E-state index in [0.717, 1.165) is 5.82 Å². The van der Waals surface area contributed by atoms with Crippen molar-refractivity contribution in [3.8, 4) is 0 Å². The lowest BCUT2D eigenvalue weighted by atomic mass is 9.83. The minimum absolute atomic E-state index is 0.0853. The van der Waals surface area contributed by atoms with Crippen LogP contribution in [0.15, 0.2) is 35.0 Å². The van der Waals surface area contributed by atoms with E-state index in [2.05, 4.69) is 5.32 Å². The number of aliphatic hydroxyl groups is 1. The Bertz CT molecular complexity index is 734. The molecule has 8 heteroatoms. The third-order valence-electron chi connectivity index (χ3n) is 4.63. The smallest absolute Gasteiger partial charge is 0.353 e. The summed E-state index contributed by atoms with van der Waals surface area (Å²) in [4.78, 5) is 25.8. The van der Waals surface area contributed by atoms with Crippen molar-refractivity contribution in [2.45, 2.75) is 25.5 Å². The summed E-state index contributed by atoms with van der Waals surface area (Å²) in [6.07, 6.45) is 1.70. The lowest BCUT2D eigenvalue weighted by molar-refractivity contribution is -0.657. The first-order valence-electron chi connectivity index (χ1n) is 8.20. The van der Waals surface area contributed by atoms with E-state index in [9.17, 15) is 19.8 Å². The number of hydrogen-bond acceptors (Lipinski definition) is 5. The number of aliphatic carboxylic acids is 1. The van der Waals surface area contributed by atoms with Gasteiger partial charge in [-0.05, 0) is 13.0 Å². The van der Waals surface area contributed by atoms with Crippen LogP contribution < -0.4 is 9.88 Å². The maximum Gasteiger partial charge on any atom is 0.353 e. The predicted molar refractivity (Wildman–Crippen MR) is 93.6 cm³/mol. The standard InChI is InChI=1S/C17H21N3O4S/c1-10(21)14-11-9-12(15(17(23)24)20(11)16(14)22)25-8-6-18-13-5-3-4-7-19(13)2/h3-5,7,10-11,14,21H,6,8-9H2,1-2H3,(H,23,24)/p+1/t10?,11-,14-/m1/s1. The zero-order chi connectivity index (χ0) is 18.1. The molecule has 1 amide bonds. The number of nitrogens with zero attached hydrogens (tertiary/aromatic N) is 2. The summed E-state index contributed by atoms with van der Waals surface area (Å²) in [5.41, 5.74) is 0.0853. The number of aliphatic hydroxyl groups excluding tert-OH is 1. The lowest BCUT2D eigenvalue weighted by Gasteiger charge is -2.44. The number of carboxylic acid groups (broad SMARTS) is 1. The predicted octanol–water partition coefficient (Wildman–Crippen LogP) is 0.564. The van der Waals surface area contributed by atoms with E-state index < -0.39 is 18.0 Å². The maximum absolute atomic E-state index is 12.1. The molecule has 3 atom stereocenters. The van der Waals surface area contributed by atoms with Gasteiger partial charge in [-0.15, -0.1) is 11.8 Å². The summed E-state index contributed by atoms with van der Waals surface area (Å²) in [7, 11) is 1.95. The van der Waals surface area contributed by atoms with Gasteiger partial charge in [0.1, 0.15) is 5.70 Å². The van der Waals surface area contributed by atoms with Gasteiger partial charge in [0.25, 0.3) is 5.82 Å². The SMILES string of the molecule is CC(O)[C@H]1C(=O)N2C(C(=O)O)=C(SCCNc3cccc[n+]3C)C[C@H]12. The molecule has 25 heavy (non-hydrogen) atoms. The molecule has 0 aliphatic carbocycles. The Morgan fingerprint density at radius 3 is 2.92 bits per heavy atom. The number of β-lactam (4-membered cyclic amide) rings is 1. The van der Waals surface area contributed by atoms with Crippen LogP contribution in [0.4, 0.5) is 5.82 Å². The molecular weight excluding hydrogens is 342 g/mol. The molecular formula is C17H22N3O4S+. The number of aryl methyl sites for hydroxylation is 1. The van der Waals surface area contributed by atoms with Crippen molar-refractivity contribution in [3.05, 3.63) is 35.0 Å². The number of anilines is 1. The van der Waals surface area contributed by atoms with Crippen LogP contribution in [0.1, 0.15) is 13.3 Å². The van der Waals surface area contributed by atoms with E-state index in [0.29, 0.717) is 23.6 Å². The number of fused-ring (bicyclic) bond motifs is 1. The number of pyridine rings is 1. The summed E-state index contributed by atoms with van der Waals surface area (Å²) >= 11 is 1.46. The van der Waals surface area contributed by atoms with Crippen LogP contribution in [-0.4, -0.2) is 51.4 Å². The van der Waals surface area contributed by atoms with Gasteiger partial charge in [0.05, 0.1) is 37.9 Å². The number of carbonyl (C=O) groups excluding carboxylic acids is 1. The highest BCUT2D eigenvalue weighted by molar-refractivity contribution is 8.03. The van der Waals surface area contributed by atoms with Crippen LogP contribution in [0.3, 0.4) is 0 Å². The Kier molecular flexibility index (Phi) is 5.01. The van der Waals surface area contributed by atoms with E-state index in [1.807, 2.05) is 36.0 Å². The van der Waals surface area contributed by atoms with Gasteiger partial charge in [-0.25, -0.2) is 9.36 Å². The van der Waals surface area contributed by atoms with E-state index in [4.69, 9.17) is 0 Å². The third-order valence-corrected chi connectivity index (χ3v) is 5.75. The van der Waals surface area contributed by atoms with Gasteiger partial charge in [-0.1, -0.05) is 6.07 Å². The van der Waals surface area contributed by atoms with E-state index in [1.54, 1.807) is 6.92 Å². The Morgan fingerprint density at radius 1 is 1.52 bits per heavy atom. The van der Waals surface area contributed by atoms with Crippen molar-refractivity contribution in [1.29, 1.82) is 0 Å². The Hall–Kier alpha value is -2.06. The molecule has 2 aliphatic rings. The molecule has 1 unspecified atom stereocenters. The largest absolute Gasteiger partial charge is 0.477 e. The first kappa shape index (κ1) is 17.8. The normalized spacial score (nSPS) is 23.3. The molecule has 0 bridgehead atoms. The number of nitrogens with one attached hydrogen (secondary N) is 1. The van der Waals surface area contributed by atoms with Crippen LogP contribution in [0, 0.1) is 5.92 Å². The van der Waals surface area contributed by atoms with Crippen molar-refractivity contribution in [3.63, 3.8) is 0 Å². The van der Waals surface area contributed by atoms with Crippen molar-refractivity contribution in [2.24, 2.45) is 13.0 Å². The van der Waals surface area contributed by atoms with Gasteiger partial charge in [0.15, 0.2) is 0 Å². The summed E-state index contributed by atoms with van der Waals surface area (Å²) in [5.74, 6) is -0.189. The fourth-order valence-corrected chi connectivity index (χ4v) is 4.48. The van der Waals surface area contributed by atoms with Gasteiger partial charge >= 0.3 is 5.97 Å². The zero-order valence-corrected chi connectivity index (χ0v) is 15.0. The number of aromatic nitrogens is 1. The van der Waals surface area contributed by atoms with Crippen LogP contribution in [0.25, 0.3) is 0 Å². The highest BCUT2D eigenvalue weighted by atomic mass is 32.2. The van der Waals surface area contributed by atoms with Crippen LogP contribution >= 0.6 is 11.8 Å². The molecule has 1 aromatic rings. The molecule has 7 nitrogen and oxygen atoms in total. The zero-order valence-electron chi connectivity index (χ0n) is 14.2. The second-order valence-electron chi connectivity index (χ2n) is 6.30. The number of carboxylic acids is 1. The van der Waals surface area contributed by atoms with Crippen molar-refractivity contribution >= 4 is 29.5 Å². The topological polar surface area (TPSA) is 93.8 Å². The minimum Gasteiger partial charge on any atom is -0.477 e. The van der Waals surface area contributed by atoms with Crippen molar-refractivity contribution < 1.29 is 24.4 Å². The second-order valence-corrected chi connectivity index (χ2v) is 7.48. The summed E-state index contributed by atoms with van der Waals surface area (Å²) < 4.78 is 1.97. The van der Waals surface area contributed by atoms with Gasteiger partial charge < -0.3 is 15.1 Å². The molecule has 1 fully saturated rings. The molecule has 0 radical (unpaired) electrons. The Labute approximate surface area is 150 Å². The highest BCUT2D eigenvalue weighted by Crippen LogP contribution is 2.46. The molecule has 3 rings (SSSR count). The number of rotatable bonds is 7. The van der Waals surface area contributed by atoms with Crippen LogP contribution in [0.2, 0.25) is 0 Å². The summed E-state index contributed by atoms with van der Waals surface area (Å²) in [6, 6.07) is 5.65. The molecule has 3 N–H and O–H groups in total. The summed E-state index contributed by atoms with van der Waals surface area (Å²) in [6.45, 7) is 2.26. The van der Waals surface area contributed by atoms with Crippen LogP contribution in [0.5, 0.6) is 0 Å². The van der Waals surface area contributed by atoms with Gasteiger partial charge in [0, 0.05) is 23.1 Å². The Balaban J connectivity index is 1.61. The minimum atomic E-state index is -1.08. The molecule has 3 heterocycles. The lowest BCUT2D eigenvalue weighted by Crippen LogP contribution is -2.61. The monoisotopic (exact) mass is 364 g/mol. The first-order chi connectivity index (χ1) is 11.9. The fraction of sp³-hybridized carbons (Fsp3) is 0.471. The van der Waals surface area contributed by atoms with E-state index >= 15 is 0 Å². The van der Waals surface area contributed by atoms with E-state index in [1.165, 1.54) is 16.7 Å². The third kappa shape index (κ3) is 3.23. The first-order valence-corrected chi connectivity index (χ1v) is 9.19. The molecule has 0 spiro atoms. The molecule has 0 aromatic carbocycles. The molecule has 134 valence electrons. The number of thioether (sulfide) groups is 1. The maximum atomic E-state index is 12.1. The Morgan fingerprint density at radius 2 is 2.28 bits per heavy atom. The average molecular weight is 364 g/mol. The number of amides is 1. The number of hydrogen-bond donors (Lipinski definition) is 3. The summed E-state index contributed by atoms with van der Waals surface area (Å²) in [5, 5.41) is 22.5. The fourth-order valence-electron chi connectivity index (χ4n) is 3.42. The number of carbonyl (C=O) groups is 2. The van der Waals surface area contributed by atoms with Crippen LogP contribution in [-0.2, 0) is 16.6 Å². The van der Waals surface area contributed by atoms with Crippen molar-refractivity contribution in [1.82, 2.24) is 4.90 Å². The second kappa shape index (κ2) is 7.05. The van der Waals surface area contributed by atoms with Gasteiger partial charge in [-0.2, -0.15) is 0 Å². The molecule has 2 aliphatic heterocycles. The van der Waals surface area contributed by atoms with E-state index in [-0.39, 0.29) is 17.6 Å². The van der Waals surface area contributed by atoms with Crippen molar-refractivity contribution in [2.75, 3.05) is 17.6 Å². The van der Waals surface area contributed by atoms with Gasteiger partial charge in [-0.3, -0.25) is 10.1 Å². The molecule has 1 aromatic heterocycles.